The van der Waals surface area contributed by atoms with Gasteiger partial charge in [0.1, 0.15) is 18.3 Å². The van der Waals surface area contributed by atoms with Crippen LogP contribution in [0.4, 0.5) is 0 Å². The van der Waals surface area contributed by atoms with Gasteiger partial charge in [0.2, 0.25) is 0 Å². The van der Waals surface area contributed by atoms with Gasteiger partial charge in [0.05, 0.1) is 160 Å². The molecule has 13 aliphatic rings. The van der Waals surface area contributed by atoms with Gasteiger partial charge < -0.3 is 71.4 Å². The fourth-order valence-electron chi connectivity index (χ4n) is 17.7. The van der Waals surface area contributed by atoms with Crippen LogP contribution >= 0.6 is 0 Å². The minimum absolute atomic E-state index is 0.00258. The Kier molecular flexibility index (Phi) is 29.7. The highest BCUT2D eigenvalue weighted by atomic mass is 16.6. The Bertz CT molecular complexity index is 2050. The molecule has 0 amide bonds. The van der Waals surface area contributed by atoms with Crippen molar-refractivity contribution in [2.45, 2.75) is 316 Å². The standard InChI is InChI=1S/C39H68O7.C14H20O4.C14H28O2.C12H22O3/c1-38(2,29-9-17-34(18-10-29)43-23-36-25-45-36)27-5-13-32(14-6-27)41-21-31(40)22-42-33-15-7-28(8-16-33)39(3,4)30-11-19-35(20-12-30)44-24-37-26-46-37;15-14(9-2-4-11-13(6-9)18-11)16-7-8-1-3-10-12(5-8)17-10;1-4-7-8-13(5-2)9-15-10-14(6-3)11-16-12-14;1-3-11(5-13-6-11)9-15-10-12(4-2)7-14-8-12/h27-37,40H,5-26H2,1-4H3;8-13H,1-7H2;13H,4-12H2,1-3H3;3-10H2,1-2H3. The van der Waals surface area contributed by atoms with Crippen molar-refractivity contribution in [3.05, 3.63) is 0 Å². The second-order valence-corrected chi connectivity index (χ2v) is 34.1. The molecule has 0 radical (unpaired) electrons. The van der Waals surface area contributed by atoms with Crippen LogP contribution in [-0.4, -0.2) is 191 Å². The zero-order valence-corrected chi connectivity index (χ0v) is 61.5. The van der Waals surface area contributed by atoms with Crippen molar-refractivity contribution in [1.29, 1.82) is 0 Å². The predicted octanol–water partition coefficient (Wildman–Crippen LogP) is 14.7. The van der Waals surface area contributed by atoms with E-state index in [0.29, 0.717) is 102 Å². The van der Waals surface area contributed by atoms with Crippen molar-refractivity contribution < 1.29 is 76.2 Å². The second-order valence-electron chi connectivity index (χ2n) is 34.1. The number of hydrogen-bond donors (Lipinski definition) is 1. The Balaban J connectivity index is 0.000000162. The van der Waals surface area contributed by atoms with Crippen molar-refractivity contribution >= 4 is 5.97 Å². The summed E-state index contributed by atoms with van der Waals surface area (Å²) in [6.45, 7) is 34.9. The highest BCUT2D eigenvalue weighted by Crippen LogP contribution is 2.51. The van der Waals surface area contributed by atoms with Crippen molar-refractivity contribution in [2.75, 3.05) is 112 Å². The van der Waals surface area contributed by atoms with Gasteiger partial charge in [-0.2, -0.15) is 0 Å². The molecule has 0 aromatic heterocycles. The summed E-state index contributed by atoms with van der Waals surface area (Å²) in [4.78, 5) is 12.0. The lowest BCUT2D eigenvalue weighted by atomic mass is 9.60. The average Bonchev–Trinajstić information content (AvgIpc) is 1.83. The van der Waals surface area contributed by atoms with Crippen LogP contribution in [0.5, 0.6) is 0 Å². The molecule has 0 spiro atoms. The number of rotatable bonds is 34. The van der Waals surface area contributed by atoms with E-state index in [1.54, 1.807) is 0 Å². The first kappa shape index (κ1) is 76.5. The Hall–Kier alpha value is -1.09. The van der Waals surface area contributed by atoms with Gasteiger partial charge in [0.15, 0.2) is 0 Å². The average molecular weight is 1340 g/mol. The molecule has 1 N–H and O–H groups in total. The van der Waals surface area contributed by atoms with Crippen LogP contribution in [0, 0.1) is 68.5 Å². The van der Waals surface area contributed by atoms with Crippen LogP contribution in [0.25, 0.3) is 0 Å². The van der Waals surface area contributed by atoms with Gasteiger partial charge in [0.25, 0.3) is 0 Å². The highest BCUT2D eigenvalue weighted by Gasteiger charge is 2.49. The molecular weight excluding hydrogens is 1200 g/mol. The number of carbonyl (C=O) groups is 1. The molecule has 550 valence electrons. The van der Waals surface area contributed by atoms with Crippen molar-refractivity contribution in [3.63, 3.8) is 0 Å². The topological polar surface area (TPSA) is 180 Å². The smallest absolute Gasteiger partial charge is 0.309 e. The third kappa shape index (κ3) is 23.2. The van der Waals surface area contributed by atoms with Crippen LogP contribution in [0.3, 0.4) is 0 Å². The number of aliphatic hydroxyl groups excluding tert-OH is 1. The molecule has 6 saturated carbocycles. The third-order valence-electron chi connectivity index (χ3n) is 26.5. The maximum absolute atomic E-state index is 12.0. The summed E-state index contributed by atoms with van der Waals surface area (Å²) < 4.78 is 79.4. The molecule has 0 aromatic carbocycles. The lowest BCUT2D eigenvalue weighted by Crippen LogP contribution is -2.49. The van der Waals surface area contributed by atoms with Gasteiger partial charge >= 0.3 is 5.97 Å². The summed E-state index contributed by atoms with van der Waals surface area (Å²) in [7, 11) is 0. The number of fused-ring (bicyclic) bond motifs is 2. The first-order valence-electron chi connectivity index (χ1n) is 39.7. The molecule has 0 bridgehead atoms. The molecular formula is C79H138O16. The van der Waals surface area contributed by atoms with E-state index >= 15 is 0 Å². The Morgan fingerprint density at radius 2 is 0.874 bits per heavy atom. The summed E-state index contributed by atoms with van der Waals surface area (Å²) in [6, 6.07) is 0. The maximum Gasteiger partial charge on any atom is 0.309 e. The van der Waals surface area contributed by atoms with E-state index in [4.69, 9.17) is 66.3 Å². The lowest BCUT2D eigenvalue weighted by molar-refractivity contribution is -0.187. The number of ether oxygens (including phenoxy) is 14. The number of epoxide rings is 4. The summed E-state index contributed by atoms with van der Waals surface area (Å²) in [5.74, 6) is 4.48. The zero-order chi connectivity index (χ0) is 66.9. The van der Waals surface area contributed by atoms with E-state index in [0.717, 1.165) is 199 Å². The highest BCUT2D eigenvalue weighted by molar-refractivity contribution is 5.72. The minimum Gasteiger partial charge on any atom is -0.465 e. The lowest BCUT2D eigenvalue weighted by Gasteiger charge is -2.46. The van der Waals surface area contributed by atoms with Crippen molar-refractivity contribution in [3.8, 4) is 0 Å². The molecule has 13 fully saturated rings. The van der Waals surface area contributed by atoms with E-state index in [2.05, 4.69) is 62.3 Å². The van der Waals surface area contributed by atoms with Crippen LogP contribution in [-0.2, 0) is 71.1 Å². The van der Waals surface area contributed by atoms with Gasteiger partial charge in [-0.3, -0.25) is 4.79 Å². The fraction of sp³-hybridized carbons (Fsp3) is 0.987. The maximum atomic E-state index is 12.0. The van der Waals surface area contributed by atoms with Gasteiger partial charge in [-0.25, -0.2) is 0 Å². The predicted molar refractivity (Wildman–Crippen MR) is 368 cm³/mol. The summed E-state index contributed by atoms with van der Waals surface area (Å²) >= 11 is 0. The quantitative estimate of drug-likeness (QED) is 0.0474. The summed E-state index contributed by atoms with van der Waals surface area (Å²) in [5, 5.41) is 10.7. The number of aliphatic hydroxyl groups is 1. The van der Waals surface area contributed by atoms with Crippen LogP contribution < -0.4 is 0 Å². The molecule has 7 saturated heterocycles. The largest absolute Gasteiger partial charge is 0.465 e. The van der Waals surface area contributed by atoms with Gasteiger partial charge in [0, 0.05) is 22.9 Å². The molecule has 9 atom stereocenters. The van der Waals surface area contributed by atoms with E-state index in [1.807, 2.05) is 0 Å². The van der Waals surface area contributed by atoms with Crippen LogP contribution in [0.1, 0.15) is 249 Å². The molecule has 16 nitrogen and oxygen atoms in total. The normalized spacial score (nSPS) is 36.1. The molecule has 7 aliphatic heterocycles. The fourth-order valence-corrected chi connectivity index (χ4v) is 17.7. The third-order valence-corrected chi connectivity index (χ3v) is 26.5. The molecule has 13 rings (SSSR count). The summed E-state index contributed by atoms with van der Waals surface area (Å²) in [5.41, 5.74) is 1.73. The van der Waals surface area contributed by atoms with E-state index in [-0.39, 0.29) is 24.1 Å². The molecule has 6 aliphatic carbocycles. The number of esters is 1. The van der Waals surface area contributed by atoms with Gasteiger partial charge in [-0.05, 0) is 213 Å². The molecule has 7 heterocycles. The van der Waals surface area contributed by atoms with E-state index in [9.17, 15) is 9.90 Å². The van der Waals surface area contributed by atoms with Crippen LogP contribution in [0.15, 0.2) is 0 Å². The molecule has 0 aromatic rings. The van der Waals surface area contributed by atoms with E-state index < -0.39 is 6.10 Å². The van der Waals surface area contributed by atoms with E-state index in [1.165, 1.54) is 109 Å². The molecule has 9 unspecified atom stereocenters. The van der Waals surface area contributed by atoms with Crippen molar-refractivity contribution in [1.82, 2.24) is 0 Å². The number of hydrogen-bond acceptors (Lipinski definition) is 16. The first-order chi connectivity index (χ1) is 46.0. The van der Waals surface area contributed by atoms with Crippen LogP contribution in [0.2, 0.25) is 0 Å². The monoisotopic (exact) mass is 1340 g/mol. The SMILES string of the molecule is CC(C)(C1CCC(OCC(O)COC2CCC(C(C)(C)C3CCC(OCC4CO4)CC3)CC2)CC1)C1CCC(OCC2CO2)CC1.CCC1(COCC2(CC)COC2)COC1.CCCCC(CC)COCC1(CC)COC1.O=C(OCC1CCC2OC2C1)C1CCC2OC2C1. The van der Waals surface area contributed by atoms with Crippen molar-refractivity contribution in [2.24, 2.45) is 68.5 Å². The Labute approximate surface area is 576 Å². The number of carbonyl (C=O) groups excluding carboxylic acids is 1. The van der Waals surface area contributed by atoms with Gasteiger partial charge in [-0.1, -0.05) is 81.6 Å². The number of unbranched alkanes of at least 4 members (excludes halogenated alkanes) is 1. The van der Waals surface area contributed by atoms with Gasteiger partial charge in [-0.15, -0.1) is 0 Å². The Morgan fingerprint density at radius 3 is 1.23 bits per heavy atom. The zero-order valence-electron chi connectivity index (χ0n) is 61.5. The molecule has 16 heteroatoms. The Morgan fingerprint density at radius 1 is 0.474 bits per heavy atom. The summed E-state index contributed by atoms with van der Waals surface area (Å²) in [6.07, 6.45) is 37.8. The first-order valence-corrected chi connectivity index (χ1v) is 39.7. The molecule has 95 heavy (non-hydrogen) atoms. The second kappa shape index (κ2) is 36.9. The minimum atomic E-state index is -0.531.